The molecule has 1 aromatic heterocycles. The lowest BCUT2D eigenvalue weighted by Gasteiger charge is -2.27. The maximum Gasteiger partial charge on any atom is 0.138 e. The van der Waals surface area contributed by atoms with Gasteiger partial charge < -0.3 is 5.32 Å². The van der Waals surface area contributed by atoms with Crippen LogP contribution < -0.4 is 5.32 Å². The molecular formula is C10H18N4. The van der Waals surface area contributed by atoms with Crippen LogP contribution in [0.1, 0.15) is 32.0 Å². The molecule has 0 aromatic carbocycles. The quantitative estimate of drug-likeness (QED) is 0.764. The smallest absolute Gasteiger partial charge is 0.138 e. The predicted octanol–water partition coefficient (Wildman–Crippen LogP) is 1.01. The van der Waals surface area contributed by atoms with Crippen molar-refractivity contribution in [3.8, 4) is 0 Å². The zero-order chi connectivity index (χ0) is 9.97. The molecular weight excluding hydrogens is 176 g/mol. The fraction of sp³-hybridized carbons (Fsp3) is 0.800. The fourth-order valence-electron chi connectivity index (χ4n) is 2.19. The first-order chi connectivity index (χ1) is 6.81. The Hall–Kier alpha value is -0.900. The van der Waals surface area contributed by atoms with Crippen molar-refractivity contribution >= 4 is 0 Å². The second kappa shape index (κ2) is 4.09. The Bertz CT molecular complexity index is 294. The van der Waals surface area contributed by atoms with Gasteiger partial charge in [0, 0.05) is 19.0 Å². The second-order valence-corrected chi connectivity index (χ2v) is 4.13. The van der Waals surface area contributed by atoms with Gasteiger partial charge in [-0.3, -0.25) is 4.68 Å². The minimum atomic E-state index is 0.543. The van der Waals surface area contributed by atoms with Crippen molar-refractivity contribution in [2.45, 2.75) is 32.7 Å². The fourth-order valence-corrected chi connectivity index (χ4v) is 2.19. The molecule has 1 aromatic rings. The second-order valence-electron chi connectivity index (χ2n) is 4.13. The zero-order valence-electron chi connectivity index (χ0n) is 8.90. The first kappa shape index (κ1) is 9.65. The summed E-state index contributed by atoms with van der Waals surface area (Å²) in [6.07, 6.45) is 2.89. The van der Waals surface area contributed by atoms with Gasteiger partial charge >= 0.3 is 0 Å². The van der Waals surface area contributed by atoms with Gasteiger partial charge in [-0.1, -0.05) is 6.92 Å². The Morgan fingerprint density at radius 3 is 3.14 bits per heavy atom. The third-order valence-corrected chi connectivity index (χ3v) is 2.88. The Labute approximate surface area is 84.7 Å². The van der Waals surface area contributed by atoms with Crippen LogP contribution in [-0.4, -0.2) is 27.9 Å². The Morgan fingerprint density at radius 1 is 1.57 bits per heavy atom. The van der Waals surface area contributed by atoms with Crippen LogP contribution in [0.5, 0.6) is 0 Å². The molecule has 2 rings (SSSR count). The van der Waals surface area contributed by atoms with Crippen molar-refractivity contribution in [1.29, 1.82) is 0 Å². The molecule has 1 fully saturated rings. The van der Waals surface area contributed by atoms with E-state index in [9.17, 15) is 0 Å². The van der Waals surface area contributed by atoms with Crippen LogP contribution in [0.15, 0.2) is 6.33 Å². The van der Waals surface area contributed by atoms with Gasteiger partial charge in [-0.05, 0) is 25.8 Å². The van der Waals surface area contributed by atoms with Crippen molar-refractivity contribution in [2.24, 2.45) is 5.92 Å². The Balaban J connectivity index is 2.13. The Morgan fingerprint density at radius 2 is 2.43 bits per heavy atom. The van der Waals surface area contributed by atoms with Crippen LogP contribution in [0, 0.1) is 5.92 Å². The van der Waals surface area contributed by atoms with Crippen molar-refractivity contribution < 1.29 is 0 Å². The van der Waals surface area contributed by atoms with E-state index in [1.54, 1.807) is 6.33 Å². The van der Waals surface area contributed by atoms with Crippen LogP contribution in [0.4, 0.5) is 0 Å². The molecule has 4 heteroatoms. The van der Waals surface area contributed by atoms with Gasteiger partial charge in [-0.25, -0.2) is 4.98 Å². The molecule has 0 bridgehead atoms. The van der Waals surface area contributed by atoms with Crippen molar-refractivity contribution in [2.75, 3.05) is 13.1 Å². The lowest BCUT2D eigenvalue weighted by molar-refractivity contribution is 0.345. The zero-order valence-corrected chi connectivity index (χ0v) is 8.90. The van der Waals surface area contributed by atoms with E-state index in [1.165, 1.54) is 6.42 Å². The lowest BCUT2D eigenvalue weighted by atomic mass is 9.91. The number of hydrogen-bond acceptors (Lipinski definition) is 3. The highest BCUT2D eigenvalue weighted by Gasteiger charge is 2.23. The Kier molecular flexibility index (Phi) is 2.82. The summed E-state index contributed by atoms with van der Waals surface area (Å²) >= 11 is 0. The van der Waals surface area contributed by atoms with Gasteiger partial charge in [-0.2, -0.15) is 5.10 Å². The van der Waals surface area contributed by atoms with E-state index in [1.807, 2.05) is 4.68 Å². The highest BCUT2D eigenvalue weighted by molar-refractivity contribution is 4.99. The molecule has 1 N–H and O–H groups in total. The number of piperidine rings is 1. The molecule has 14 heavy (non-hydrogen) atoms. The highest BCUT2D eigenvalue weighted by Crippen LogP contribution is 2.24. The number of nitrogens with one attached hydrogen (secondary N) is 1. The summed E-state index contributed by atoms with van der Waals surface area (Å²) in [5.74, 6) is 2.43. The summed E-state index contributed by atoms with van der Waals surface area (Å²) in [7, 11) is 0. The minimum Gasteiger partial charge on any atom is -0.316 e. The summed E-state index contributed by atoms with van der Waals surface area (Å²) < 4.78 is 2.00. The maximum absolute atomic E-state index is 4.36. The van der Waals surface area contributed by atoms with Crippen LogP contribution >= 0.6 is 0 Å². The third kappa shape index (κ3) is 1.80. The molecule has 1 aliphatic heterocycles. The third-order valence-electron chi connectivity index (χ3n) is 2.88. The molecule has 0 radical (unpaired) electrons. The molecule has 2 heterocycles. The summed E-state index contributed by atoms with van der Waals surface area (Å²) in [6.45, 7) is 7.49. The molecule has 0 spiro atoms. The van der Waals surface area contributed by atoms with Crippen molar-refractivity contribution in [3.63, 3.8) is 0 Å². The predicted molar refractivity (Wildman–Crippen MR) is 55.1 cm³/mol. The number of nitrogens with zero attached hydrogens (tertiary/aromatic N) is 3. The molecule has 0 amide bonds. The topological polar surface area (TPSA) is 42.7 Å². The summed E-state index contributed by atoms with van der Waals surface area (Å²) in [4.78, 5) is 4.36. The molecule has 1 aliphatic rings. The standard InChI is InChI=1S/C10H18N4/c1-3-14-10(12-7-13-14)9-4-8(2)5-11-6-9/h7-9,11H,3-6H2,1-2H3. The van der Waals surface area contributed by atoms with Crippen molar-refractivity contribution in [1.82, 2.24) is 20.1 Å². The maximum atomic E-state index is 4.36. The van der Waals surface area contributed by atoms with Crippen LogP contribution in [0.3, 0.4) is 0 Å². The average Bonchev–Trinajstić information content (AvgIpc) is 2.65. The number of hydrogen-bond donors (Lipinski definition) is 1. The molecule has 2 unspecified atom stereocenters. The summed E-state index contributed by atoms with van der Waals surface area (Å²) in [6, 6.07) is 0. The molecule has 1 saturated heterocycles. The number of aromatic nitrogens is 3. The van der Waals surface area contributed by atoms with Gasteiger partial charge in [0.2, 0.25) is 0 Å². The van der Waals surface area contributed by atoms with E-state index < -0.39 is 0 Å². The summed E-state index contributed by atoms with van der Waals surface area (Å²) in [5, 5.41) is 7.66. The van der Waals surface area contributed by atoms with E-state index in [2.05, 4.69) is 29.2 Å². The van der Waals surface area contributed by atoms with Crippen LogP contribution in [0.2, 0.25) is 0 Å². The van der Waals surface area contributed by atoms with Gasteiger partial charge in [0.05, 0.1) is 0 Å². The number of rotatable bonds is 2. The van der Waals surface area contributed by atoms with Crippen LogP contribution in [0.25, 0.3) is 0 Å². The van der Waals surface area contributed by atoms with E-state index in [4.69, 9.17) is 0 Å². The number of aryl methyl sites for hydroxylation is 1. The van der Waals surface area contributed by atoms with E-state index in [0.29, 0.717) is 5.92 Å². The highest BCUT2D eigenvalue weighted by atomic mass is 15.3. The minimum absolute atomic E-state index is 0.543. The van der Waals surface area contributed by atoms with Gasteiger partial charge in [0.15, 0.2) is 0 Å². The van der Waals surface area contributed by atoms with Gasteiger partial charge in [0.1, 0.15) is 12.2 Å². The SMILES string of the molecule is CCn1ncnc1C1CNCC(C)C1. The molecule has 78 valence electrons. The normalized spacial score (nSPS) is 27.9. The summed E-state index contributed by atoms with van der Waals surface area (Å²) in [5.41, 5.74) is 0. The molecule has 4 nitrogen and oxygen atoms in total. The van der Waals surface area contributed by atoms with Gasteiger partial charge in [0.25, 0.3) is 0 Å². The lowest BCUT2D eigenvalue weighted by Crippen LogP contribution is -2.35. The van der Waals surface area contributed by atoms with Crippen LogP contribution in [-0.2, 0) is 6.54 Å². The molecule has 0 aliphatic carbocycles. The van der Waals surface area contributed by atoms with Gasteiger partial charge in [-0.15, -0.1) is 0 Å². The first-order valence-electron chi connectivity index (χ1n) is 5.39. The molecule has 0 saturated carbocycles. The largest absolute Gasteiger partial charge is 0.316 e. The monoisotopic (exact) mass is 194 g/mol. The van der Waals surface area contributed by atoms with E-state index in [0.717, 1.165) is 31.4 Å². The van der Waals surface area contributed by atoms with Crippen molar-refractivity contribution in [3.05, 3.63) is 12.2 Å². The average molecular weight is 194 g/mol. The van der Waals surface area contributed by atoms with E-state index in [-0.39, 0.29) is 0 Å². The molecule has 2 atom stereocenters. The first-order valence-corrected chi connectivity index (χ1v) is 5.39. The van der Waals surface area contributed by atoms with E-state index >= 15 is 0 Å².